The van der Waals surface area contributed by atoms with E-state index in [0.717, 1.165) is 10.6 Å². The molecule has 1 N–H and O–H groups in total. The summed E-state index contributed by atoms with van der Waals surface area (Å²) in [6.45, 7) is 0.770. The molecule has 0 radical (unpaired) electrons. The first-order valence-corrected chi connectivity index (χ1v) is 8.89. The number of carbonyl (C=O) groups is 2. The van der Waals surface area contributed by atoms with Crippen LogP contribution in [0.3, 0.4) is 0 Å². The van der Waals surface area contributed by atoms with Gasteiger partial charge in [0.05, 0.1) is 26.2 Å². The van der Waals surface area contributed by atoms with Gasteiger partial charge in [0.25, 0.3) is 5.91 Å². The number of anilines is 1. The van der Waals surface area contributed by atoms with Gasteiger partial charge in [-0.05, 0) is 23.6 Å². The zero-order valence-electron chi connectivity index (χ0n) is 13.9. The Morgan fingerprint density at radius 1 is 1.40 bits per heavy atom. The van der Waals surface area contributed by atoms with Gasteiger partial charge < -0.3 is 19.7 Å². The third-order valence-corrected chi connectivity index (χ3v) is 4.81. The fourth-order valence-electron chi connectivity index (χ4n) is 2.64. The highest BCUT2D eigenvalue weighted by Gasteiger charge is 2.27. The third kappa shape index (κ3) is 4.58. The lowest BCUT2D eigenvalue weighted by atomic mass is 10.2. The summed E-state index contributed by atoms with van der Waals surface area (Å²) in [5.41, 5.74) is 0.766. The number of hydrogen-bond donors (Lipinski definition) is 1. The molecule has 1 unspecified atom stereocenters. The van der Waals surface area contributed by atoms with Gasteiger partial charge in [-0.15, -0.1) is 11.3 Å². The van der Waals surface area contributed by atoms with Crippen LogP contribution in [0.1, 0.15) is 4.88 Å². The van der Waals surface area contributed by atoms with E-state index in [-0.39, 0.29) is 24.5 Å². The van der Waals surface area contributed by atoms with Crippen LogP contribution in [-0.4, -0.2) is 44.7 Å². The number of methoxy groups -OCH3 is 1. The molecule has 0 aliphatic carbocycles. The molecular weight excluding hydrogens is 340 g/mol. The van der Waals surface area contributed by atoms with Crippen molar-refractivity contribution < 1.29 is 19.1 Å². The monoisotopic (exact) mass is 360 g/mol. The topological polar surface area (TPSA) is 67.9 Å². The van der Waals surface area contributed by atoms with Crippen molar-refractivity contribution >= 4 is 28.8 Å². The minimum atomic E-state index is -0.240. The van der Waals surface area contributed by atoms with Crippen molar-refractivity contribution in [3.05, 3.63) is 46.7 Å². The molecule has 1 aliphatic rings. The highest BCUT2D eigenvalue weighted by Crippen LogP contribution is 2.23. The van der Waals surface area contributed by atoms with Crippen LogP contribution >= 0.6 is 11.3 Å². The lowest BCUT2D eigenvalue weighted by Gasteiger charge is -2.33. The summed E-state index contributed by atoms with van der Waals surface area (Å²) in [5.74, 6) is 0.544. The van der Waals surface area contributed by atoms with E-state index >= 15 is 0 Å². The van der Waals surface area contributed by atoms with Crippen molar-refractivity contribution in [2.75, 3.05) is 31.7 Å². The molecule has 2 amide bonds. The van der Waals surface area contributed by atoms with E-state index < -0.39 is 0 Å². The molecule has 132 valence electrons. The first-order chi connectivity index (χ1) is 12.2. The highest BCUT2D eigenvalue weighted by molar-refractivity contribution is 7.10. The number of nitrogens with one attached hydrogen (secondary N) is 1. The Morgan fingerprint density at radius 2 is 2.28 bits per heavy atom. The van der Waals surface area contributed by atoms with Gasteiger partial charge in [0, 0.05) is 23.2 Å². The van der Waals surface area contributed by atoms with Gasteiger partial charge in [-0.2, -0.15) is 0 Å². The molecule has 1 aromatic heterocycles. The molecule has 7 heteroatoms. The Kier molecular flexibility index (Phi) is 5.67. The van der Waals surface area contributed by atoms with Crippen LogP contribution in [0.25, 0.3) is 0 Å². The largest absolute Gasteiger partial charge is 0.497 e. The van der Waals surface area contributed by atoms with E-state index in [9.17, 15) is 9.59 Å². The van der Waals surface area contributed by atoms with Crippen molar-refractivity contribution in [1.82, 2.24) is 5.32 Å². The van der Waals surface area contributed by atoms with E-state index in [1.807, 2.05) is 41.8 Å². The van der Waals surface area contributed by atoms with E-state index in [4.69, 9.17) is 9.47 Å². The summed E-state index contributed by atoms with van der Waals surface area (Å²) in [7, 11) is 1.59. The number of benzene rings is 1. The summed E-state index contributed by atoms with van der Waals surface area (Å²) < 4.78 is 10.8. The fraction of sp³-hybridized carbons (Fsp3) is 0.333. The van der Waals surface area contributed by atoms with Gasteiger partial charge in [-0.1, -0.05) is 12.1 Å². The molecule has 2 heterocycles. The second kappa shape index (κ2) is 8.13. The lowest BCUT2D eigenvalue weighted by Crippen LogP contribution is -2.50. The molecule has 0 spiro atoms. The smallest absolute Gasteiger partial charge is 0.253 e. The van der Waals surface area contributed by atoms with E-state index in [0.29, 0.717) is 25.3 Å². The molecule has 1 aromatic carbocycles. The van der Waals surface area contributed by atoms with Crippen LogP contribution in [-0.2, 0) is 20.7 Å². The predicted octanol–water partition coefficient (Wildman–Crippen LogP) is 1.85. The van der Waals surface area contributed by atoms with Crippen molar-refractivity contribution in [2.45, 2.75) is 12.5 Å². The van der Waals surface area contributed by atoms with Crippen LogP contribution in [0.4, 0.5) is 5.69 Å². The minimum Gasteiger partial charge on any atom is -0.497 e. The Morgan fingerprint density at radius 3 is 3.04 bits per heavy atom. The van der Waals surface area contributed by atoms with Crippen molar-refractivity contribution in [3.8, 4) is 5.75 Å². The van der Waals surface area contributed by atoms with Gasteiger partial charge in [-0.25, -0.2) is 0 Å². The average molecular weight is 360 g/mol. The Balaban J connectivity index is 1.56. The summed E-state index contributed by atoms with van der Waals surface area (Å²) in [6, 6.07) is 11.2. The number of amides is 2. The molecule has 3 rings (SSSR count). The van der Waals surface area contributed by atoms with Crippen LogP contribution in [0.2, 0.25) is 0 Å². The zero-order valence-corrected chi connectivity index (χ0v) is 14.8. The Labute approximate surface area is 150 Å². The van der Waals surface area contributed by atoms with Gasteiger partial charge in [-0.3, -0.25) is 9.59 Å². The lowest BCUT2D eigenvalue weighted by molar-refractivity contribution is -0.129. The molecule has 1 saturated heterocycles. The summed E-state index contributed by atoms with van der Waals surface area (Å²) in [4.78, 5) is 26.9. The molecule has 1 atom stereocenters. The predicted molar refractivity (Wildman–Crippen MR) is 96.1 cm³/mol. The molecule has 1 aliphatic heterocycles. The number of hydrogen-bond acceptors (Lipinski definition) is 5. The van der Waals surface area contributed by atoms with Crippen molar-refractivity contribution in [2.24, 2.45) is 0 Å². The van der Waals surface area contributed by atoms with E-state index in [1.165, 1.54) is 0 Å². The molecule has 2 aromatic rings. The molecule has 0 saturated carbocycles. The maximum Gasteiger partial charge on any atom is 0.253 e. The van der Waals surface area contributed by atoms with Gasteiger partial charge in [0.15, 0.2) is 0 Å². The normalized spacial score (nSPS) is 17.4. The maximum absolute atomic E-state index is 12.2. The van der Waals surface area contributed by atoms with Crippen LogP contribution in [0.5, 0.6) is 5.75 Å². The SMILES string of the molecule is COc1cccc(N2CC(CNC(=O)Cc3cccs3)OCC2=O)c1. The van der Waals surface area contributed by atoms with Gasteiger partial charge >= 0.3 is 0 Å². The standard InChI is InChI=1S/C18H20N2O4S/c1-23-14-5-2-4-13(8-14)20-11-15(24-12-18(20)22)10-19-17(21)9-16-6-3-7-25-16/h2-8,15H,9-12H2,1H3,(H,19,21). The first-order valence-electron chi connectivity index (χ1n) is 8.01. The van der Waals surface area contributed by atoms with Crippen molar-refractivity contribution in [1.29, 1.82) is 0 Å². The average Bonchev–Trinajstić information content (AvgIpc) is 3.14. The number of morpholine rings is 1. The van der Waals surface area contributed by atoms with Crippen LogP contribution < -0.4 is 15.0 Å². The molecule has 0 bridgehead atoms. The Bertz CT molecular complexity index is 732. The maximum atomic E-state index is 12.2. The molecular formula is C18H20N2O4S. The minimum absolute atomic E-state index is 0.00265. The number of ether oxygens (including phenoxy) is 2. The second-order valence-corrected chi connectivity index (χ2v) is 6.73. The third-order valence-electron chi connectivity index (χ3n) is 3.94. The molecule has 6 nitrogen and oxygen atoms in total. The second-order valence-electron chi connectivity index (χ2n) is 5.70. The number of carbonyl (C=O) groups excluding carboxylic acids is 2. The summed E-state index contributed by atoms with van der Waals surface area (Å²) in [6.07, 6.45) is 0.124. The quantitative estimate of drug-likeness (QED) is 0.854. The first kappa shape index (κ1) is 17.4. The molecule has 1 fully saturated rings. The van der Waals surface area contributed by atoms with Gasteiger partial charge in [0.1, 0.15) is 12.4 Å². The fourth-order valence-corrected chi connectivity index (χ4v) is 3.34. The summed E-state index contributed by atoms with van der Waals surface area (Å²) >= 11 is 1.56. The van der Waals surface area contributed by atoms with Crippen LogP contribution in [0.15, 0.2) is 41.8 Å². The van der Waals surface area contributed by atoms with Gasteiger partial charge in [0.2, 0.25) is 5.91 Å². The van der Waals surface area contributed by atoms with E-state index in [1.54, 1.807) is 23.3 Å². The van der Waals surface area contributed by atoms with Crippen molar-refractivity contribution in [3.63, 3.8) is 0 Å². The number of thiophene rings is 1. The van der Waals surface area contributed by atoms with E-state index in [2.05, 4.69) is 5.32 Å². The molecule has 25 heavy (non-hydrogen) atoms. The van der Waals surface area contributed by atoms with Crippen LogP contribution in [0, 0.1) is 0 Å². The number of nitrogens with zero attached hydrogens (tertiary/aromatic N) is 1. The zero-order chi connectivity index (χ0) is 17.6. The summed E-state index contributed by atoms with van der Waals surface area (Å²) in [5, 5.41) is 4.83. The highest BCUT2D eigenvalue weighted by atomic mass is 32.1. The number of rotatable bonds is 6. The Hall–Kier alpha value is -2.38.